The monoisotopic (exact) mass is 229 g/mol. The number of carboxylic acids is 1. The number of carbonyl (C=O) groups is 1. The molecule has 0 saturated carbocycles. The van der Waals surface area contributed by atoms with Crippen molar-refractivity contribution < 1.29 is 14.6 Å². The Morgan fingerprint density at radius 1 is 1.62 bits per heavy atom. The fraction of sp³-hybridized carbons (Fsp3) is 0.917. The molecule has 1 fully saturated rings. The van der Waals surface area contributed by atoms with Crippen molar-refractivity contribution in [2.75, 3.05) is 13.7 Å². The lowest BCUT2D eigenvalue weighted by atomic mass is 10.0. The molecule has 1 aliphatic heterocycles. The molecule has 4 heteroatoms. The van der Waals surface area contributed by atoms with Crippen LogP contribution in [0, 0.1) is 0 Å². The SMILES string of the molecule is CCCCC(C(=O)O)N(C)C1CCOC1C. The van der Waals surface area contributed by atoms with Gasteiger partial charge in [-0.15, -0.1) is 0 Å². The van der Waals surface area contributed by atoms with Crippen LogP contribution < -0.4 is 0 Å². The van der Waals surface area contributed by atoms with Crippen molar-refractivity contribution >= 4 is 5.97 Å². The number of nitrogens with zero attached hydrogens (tertiary/aromatic N) is 1. The highest BCUT2D eigenvalue weighted by Gasteiger charge is 2.34. The van der Waals surface area contributed by atoms with E-state index < -0.39 is 5.97 Å². The van der Waals surface area contributed by atoms with Gasteiger partial charge in [0.2, 0.25) is 0 Å². The van der Waals surface area contributed by atoms with E-state index in [-0.39, 0.29) is 18.2 Å². The zero-order chi connectivity index (χ0) is 12.1. The van der Waals surface area contributed by atoms with Crippen molar-refractivity contribution in [3.8, 4) is 0 Å². The number of likely N-dealkylation sites (N-methyl/N-ethyl adjacent to an activating group) is 1. The van der Waals surface area contributed by atoms with Crippen LogP contribution >= 0.6 is 0 Å². The van der Waals surface area contributed by atoms with Crippen molar-refractivity contribution in [3.05, 3.63) is 0 Å². The van der Waals surface area contributed by atoms with Gasteiger partial charge in [0.1, 0.15) is 6.04 Å². The number of hydrogen-bond acceptors (Lipinski definition) is 3. The molecule has 0 aromatic heterocycles. The molecule has 1 heterocycles. The second kappa shape index (κ2) is 6.21. The molecule has 3 atom stereocenters. The van der Waals surface area contributed by atoms with Gasteiger partial charge < -0.3 is 9.84 Å². The van der Waals surface area contributed by atoms with E-state index in [1.165, 1.54) is 0 Å². The van der Waals surface area contributed by atoms with Crippen LogP contribution in [0.3, 0.4) is 0 Å². The average Bonchev–Trinajstić information content (AvgIpc) is 2.64. The van der Waals surface area contributed by atoms with Crippen molar-refractivity contribution in [3.63, 3.8) is 0 Å². The average molecular weight is 229 g/mol. The summed E-state index contributed by atoms with van der Waals surface area (Å²) in [6.45, 7) is 4.85. The van der Waals surface area contributed by atoms with Crippen molar-refractivity contribution in [1.29, 1.82) is 0 Å². The second-order valence-electron chi connectivity index (χ2n) is 4.59. The molecule has 0 radical (unpaired) electrons. The number of carboxylic acid groups (broad SMARTS) is 1. The van der Waals surface area contributed by atoms with E-state index in [4.69, 9.17) is 4.74 Å². The number of rotatable bonds is 6. The number of ether oxygens (including phenoxy) is 1. The van der Waals surface area contributed by atoms with Gasteiger partial charge in [-0.3, -0.25) is 9.69 Å². The molecule has 94 valence electrons. The molecule has 4 nitrogen and oxygen atoms in total. The Labute approximate surface area is 97.6 Å². The highest BCUT2D eigenvalue weighted by molar-refractivity contribution is 5.73. The van der Waals surface area contributed by atoms with Crippen LogP contribution in [-0.4, -0.2) is 47.8 Å². The van der Waals surface area contributed by atoms with E-state index in [2.05, 4.69) is 6.92 Å². The fourth-order valence-electron chi connectivity index (χ4n) is 2.39. The third-order valence-electron chi connectivity index (χ3n) is 3.47. The molecule has 0 spiro atoms. The predicted octanol–water partition coefficient (Wildman–Crippen LogP) is 1.74. The topological polar surface area (TPSA) is 49.8 Å². The molecule has 3 unspecified atom stereocenters. The minimum absolute atomic E-state index is 0.147. The van der Waals surface area contributed by atoms with Crippen LogP contribution in [0.4, 0.5) is 0 Å². The molecular formula is C12H23NO3. The summed E-state index contributed by atoms with van der Waals surface area (Å²) < 4.78 is 5.49. The van der Waals surface area contributed by atoms with Gasteiger partial charge in [0.05, 0.1) is 6.10 Å². The first kappa shape index (κ1) is 13.5. The van der Waals surface area contributed by atoms with Crippen molar-refractivity contribution in [2.45, 2.75) is 57.7 Å². The summed E-state index contributed by atoms with van der Waals surface area (Å²) in [7, 11) is 1.91. The molecule has 1 aliphatic rings. The highest BCUT2D eigenvalue weighted by Crippen LogP contribution is 2.22. The maximum atomic E-state index is 11.2. The lowest BCUT2D eigenvalue weighted by Gasteiger charge is -2.31. The third-order valence-corrected chi connectivity index (χ3v) is 3.47. The highest BCUT2D eigenvalue weighted by atomic mass is 16.5. The molecule has 1 saturated heterocycles. The third kappa shape index (κ3) is 3.19. The minimum Gasteiger partial charge on any atom is -0.480 e. The Hall–Kier alpha value is -0.610. The Morgan fingerprint density at radius 2 is 2.31 bits per heavy atom. The summed E-state index contributed by atoms with van der Waals surface area (Å²) in [5.41, 5.74) is 0. The Morgan fingerprint density at radius 3 is 2.75 bits per heavy atom. The van der Waals surface area contributed by atoms with Gasteiger partial charge in [-0.05, 0) is 26.8 Å². The van der Waals surface area contributed by atoms with Gasteiger partial charge >= 0.3 is 5.97 Å². The Kier molecular flexibility index (Phi) is 5.22. The Bertz CT molecular complexity index is 232. The largest absolute Gasteiger partial charge is 0.480 e. The van der Waals surface area contributed by atoms with Crippen LogP contribution in [0.5, 0.6) is 0 Å². The van der Waals surface area contributed by atoms with Crippen molar-refractivity contribution in [1.82, 2.24) is 4.90 Å². The summed E-state index contributed by atoms with van der Waals surface area (Å²) in [4.78, 5) is 13.2. The molecule has 1 rings (SSSR count). The smallest absolute Gasteiger partial charge is 0.320 e. The van der Waals surface area contributed by atoms with Crippen LogP contribution in [0.25, 0.3) is 0 Å². The second-order valence-corrected chi connectivity index (χ2v) is 4.59. The van der Waals surface area contributed by atoms with Gasteiger partial charge in [0, 0.05) is 12.6 Å². The normalized spacial score (nSPS) is 27.2. The fourth-order valence-corrected chi connectivity index (χ4v) is 2.39. The van der Waals surface area contributed by atoms with Crippen LogP contribution in [-0.2, 0) is 9.53 Å². The van der Waals surface area contributed by atoms with E-state index in [1.54, 1.807) is 0 Å². The van der Waals surface area contributed by atoms with Gasteiger partial charge in [-0.25, -0.2) is 0 Å². The molecule has 0 amide bonds. The van der Waals surface area contributed by atoms with E-state index in [0.717, 1.165) is 32.3 Å². The molecule has 0 aliphatic carbocycles. The number of hydrogen-bond donors (Lipinski definition) is 1. The zero-order valence-corrected chi connectivity index (χ0v) is 10.5. The first-order chi connectivity index (χ1) is 7.57. The first-order valence-electron chi connectivity index (χ1n) is 6.14. The summed E-state index contributed by atoms with van der Waals surface area (Å²) in [5.74, 6) is -0.713. The van der Waals surface area contributed by atoms with E-state index >= 15 is 0 Å². The van der Waals surface area contributed by atoms with Crippen LogP contribution in [0.1, 0.15) is 39.5 Å². The van der Waals surface area contributed by atoms with Crippen LogP contribution in [0.2, 0.25) is 0 Å². The van der Waals surface area contributed by atoms with Gasteiger partial charge in [0.25, 0.3) is 0 Å². The predicted molar refractivity (Wildman–Crippen MR) is 62.5 cm³/mol. The Balaban J connectivity index is 2.58. The van der Waals surface area contributed by atoms with Gasteiger partial charge in [0.15, 0.2) is 0 Å². The maximum absolute atomic E-state index is 11.2. The lowest BCUT2D eigenvalue weighted by molar-refractivity contribution is -0.144. The number of unbranched alkanes of at least 4 members (excludes halogenated alkanes) is 1. The van der Waals surface area contributed by atoms with Gasteiger partial charge in [-0.2, -0.15) is 0 Å². The zero-order valence-electron chi connectivity index (χ0n) is 10.5. The summed E-state index contributed by atoms with van der Waals surface area (Å²) in [6.07, 6.45) is 3.81. The van der Waals surface area contributed by atoms with E-state index in [0.29, 0.717) is 0 Å². The summed E-state index contributed by atoms with van der Waals surface area (Å²) in [5, 5.41) is 9.23. The molecule has 0 bridgehead atoms. The maximum Gasteiger partial charge on any atom is 0.320 e. The minimum atomic E-state index is -0.713. The molecule has 16 heavy (non-hydrogen) atoms. The van der Waals surface area contributed by atoms with E-state index in [1.807, 2.05) is 18.9 Å². The quantitative estimate of drug-likeness (QED) is 0.753. The molecule has 0 aromatic rings. The van der Waals surface area contributed by atoms with E-state index in [9.17, 15) is 9.90 Å². The molecular weight excluding hydrogens is 206 g/mol. The summed E-state index contributed by atoms with van der Waals surface area (Å²) >= 11 is 0. The standard InChI is InChI=1S/C12H23NO3/c1-4-5-6-11(12(14)15)13(3)10-7-8-16-9(10)2/h9-11H,4-8H2,1-3H3,(H,14,15). The summed E-state index contributed by atoms with van der Waals surface area (Å²) in [6, 6.07) is -0.118. The molecule has 0 aromatic carbocycles. The first-order valence-corrected chi connectivity index (χ1v) is 6.14. The van der Waals surface area contributed by atoms with Gasteiger partial charge in [-0.1, -0.05) is 19.8 Å². The van der Waals surface area contributed by atoms with Crippen molar-refractivity contribution in [2.24, 2.45) is 0 Å². The lowest BCUT2D eigenvalue weighted by Crippen LogP contribution is -2.47. The molecule has 1 N–H and O–H groups in total. The number of aliphatic carboxylic acids is 1. The van der Waals surface area contributed by atoms with Crippen LogP contribution in [0.15, 0.2) is 0 Å².